The summed E-state index contributed by atoms with van der Waals surface area (Å²) in [6, 6.07) is 1.73. The molecule has 82 valence electrons. The zero-order valence-electron chi connectivity index (χ0n) is 8.43. The summed E-state index contributed by atoms with van der Waals surface area (Å²) >= 11 is 0. The van der Waals surface area contributed by atoms with E-state index in [0.29, 0.717) is 5.69 Å². The van der Waals surface area contributed by atoms with Crippen LogP contribution in [0.4, 0.5) is 0 Å². The Bertz CT molecular complexity index is 342. The van der Waals surface area contributed by atoms with Crippen molar-refractivity contribution in [2.45, 2.75) is 31.9 Å². The highest BCUT2D eigenvalue weighted by Crippen LogP contribution is 2.23. The second-order valence-corrected chi connectivity index (χ2v) is 3.66. The first-order valence-electron chi connectivity index (χ1n) is 5.13. The molecule has 0 radical (unpaired) electrons. The lowest BCUT2D eigenvalue weighted by atomic mass is 10.2. The van der Waals surface area contributed by atoms with E-state index >= 15 is 0 Å². The van der Waals surface area contributed by atoms with Crippen molar-refractivity contribution < 1.29 is 14.6 Å². The first-order chi connectivity index (χ1) is 7.27. The van der Waals surface area contributed by atoms with Crippen LogP contribution in [-0.2, 0) is 16.0 Å². The van der Waals surface area contributed by atoms with Gasteiger partial charge in [-0.05, 0) is 25.3 Å². The normalized spacial score (nSPS) is 21.5. The van der Waals surface area contributed by atoms with Crippen LogP contribution in [-0.4, -0.2) is 27.5 Å². The molecule has 5 nitrogen and oxygen atoms in total. The van der Waals surface area contributed by atoms with Crippen LogP contribution < -0.4 is 0 Å². The van der Waals surface area contributed by atoms with Gasteiger partial charge in [-0.2, -0.15) is 5.10 Å². The van der Waals surface area contributed by atoms with Crippen LogP contribution in [0.2, 0.25) is 0 Å². The SMILES string of the molecule is O=C(O)Cc1ccnn1C1CCCCO1. The zero-order chi connectivity index (χ0) is 10.7. The second kappa shape index (κ2) is 4.44. The molecule has 1 saturated heterocycles. The molecule has 1 unspecified atom stereocenters. The standard InChI is InChI=1S/C10H14N2O3/c13-10(14)7-8-4-5-11-12(8)9-3-1-2-6-15-9/h4-5,9H,1-3,6-7H2,(H,13,14). The van der Waals surface area contributed by atoms with Gasteiger partial charge in [-0.3, -0.25) is 4.79 Å². The van der Waals surface area contributed by atoms with Crippen LogP contribution in [0.5, 0.6) is 0 Å². The average molecular weight is 210 g/mol. The number of hydrogen-bond donors (Lipinski definition) is 1. The minimum absolute atomic E-state index is 0.000139. The fourth-order valence-corrected chi connectivity index (χ4v) is 1.81. The Morgan fingerprint density at radius 3 is 3.20 bits per heavy atom. The molecule has 1 aromatic rings. The Morgan fingerprint density at radius 1 is 1.67 bits per heavy atom. The van der Waals surface area contributed by atoms with Crippen LogP contribution in [0.15, 0.2) is 12.3 Å². The van der Waals surface area contributed by atoms with Gasteiger partial charge in [-0.25, -0.2) is 4.68 Å². The van der Waals surface area contributed by atoms with E-state index in [4.69, 9.17) is 9.84 Å². The van der Waals surface area contributed by atoms with Crippen molar-refractivity contribution in [1.82, 2.24) is 9.78 Å². The third kappa shape index (κ3) is 2.36. The molecule has 2 rings (SSSR count). The van der Waals surface area contributed by atoms with Crippen molar-refractivity contribution in [2.75, 3.05) is 6.61 Å². The van der Waals surface area contributed by atoms with Gasteiger partial charge in [0.1, 0.15) is 6.23 Å². The molecule has 15 heavy (non-hydrogen) atoms. The summed E-state index contributed by atoms with van der Waals surface area (Å²) < 4.78 is 7.24. The summed E-state index contributed by atoms with van der Waals surface area (Å²) in [7, 11) is 0. The molecule has 1 N–H and O–H groups in total. The van der Waals surface area contributed by atoms with Crippen LogP contribution in [0.1, 0.15) is 31.2 Å². The molecule has 1 aromatic heterocycles. The number of nitrogens with zero attached hydrogens (tertiary/aromatic N) is 2. The van der Waals surface area contributed by atoms with Crippen molar-refractivity contribution in [3.05, 3.63) is 18.0 Å². The second-order valence-electron chi connectivity index (χ2n) is 3.66. The first kappa shape index (κ1) is 10.2. The predicted molar refractivity (Wildman–Crippen MR) is 52.4 cm³/mol. The van der Waals surface area contributed by atoms with E-state index in [1.807, 2.05) is 0 Å². The number of rotatable bonds is 3. The van der Waals surface area contributed by atoms with E-state index in [2.05, 4.69) is 5.10 Å². The number of carbonyl (C=O) groups is 1. The van der Waals surface area contributed by atoms with Gasteiger partial charge in [-0.1, -0.05) is 0 Å². The van der Waals surface area contributed by atoms with Gasteiger partial charge < -0.3 is 9.84 Å². The molecule has 1 aliphatic heterocycles. The van der Waals surface area contributed by atoms with Gasteiger partial charge in [-0.15, -0.1) is 0 Å². The average Bonchev–Trinajstić information content (AvgIpc) is 2.66. The Morgan fingerprint density at radius 2 is 2.53 bits per heavy atom. The Balaban J connectivity index is 2.12. The molecule has 5 heteroatoms. The number of hydrogen-bond acceptors (Lipinski definition) is 3. The van der Waals surface area contributed by atoms with Gasteiger partial charge in [0.25, 0.3) is 0 Å². The first-order valence-corrected chi connectivity index (χ1v) is 5.13. The molecule has 0 bridgehead atoms. The van der Waals surface area contributed by atoms with Gasteiger partial charge >= 0.3 is 5.97 Å². The molecule has 1 atom stereocenters. The predicted octanol–water partition coefficient (Wildman–Crippen LogP) is 1.21. The van der Waals surface area contributed by atoms with Crippen molar-refractivity contribution in [1.29, 1.82) is 0 Å². The van der Waals surface area contributed by atoms with Gasteiger partial charge in [0.15, 0.2) is 0 Å². The molecule has 0 saturated carbocycles. The fourth-order valence-electron chi connectivity index (χ4n) is 1.81. The van der Waals surface area contributed by atoms with Crippen molar-refractivity contribution in [3.8, 4) is 0 Å². The molecular weight excluding hydrogens is 196 g/mol. The monoisotopic (exact) mass is 210 g/mol. The van der Waals surface area contributed by atoms with Crippen molar-refractivity contribution in [2.24, 2.45) is 0 Å². The van der Waals surface area contributed by atoms with Gasteiger partial charge in [0.2, 0.25) is 0 Å². The van der Waals surface area contributed by atoms with E-state index in [9.17, 15) is 4.79 Å². The number of carboxylic acid groups (broad SMARTS) is 1. The Kier molecular flexibility index (Phi) is 3.01. The summed E-state index contributed by atoms with van der Waals surface area (Å²) in [6.07, 6.45) is 4.64. The highest BCUT2D eigenvalue weighted by Gasteiger charge is 2.19. The molecule has 1 fully saturated rings. The Labute approximate surface area is 87.7 Å². The molecular formula is C10H14N2O3. The molecule has 0 amide bonds. The zero-order valence-corrected chi connectivity index (χ0v) is 8.43. The highest BCUT2D eigenvalue weighted by molar-refractivity contribution is 5.69. The maximum absolute atomic E-state index is 10.6. The third-order valence-electron chi connectivity index (χ3n) is 2.51. The van der Waals surface area contributed by atoms with Crippen LogP contribution in [0.25, 0.3) is 0 Å². The minimum atomic E-state index is -0.840. The lowest BCUT2D eigenvalue weighted by molar-refractivity contribution is -0.136. The lowest BCUT2D eigenvalue weighted by Crippen LogP contribution is -2.21. The summed E-state index contributed by atoms with van der Waals surface area (Å²) in [5.74, 6) is -0.840. The van der Waals surface area contributed by atoms with Crippen molar-refractivity contribution >= 4 is 5.97 Å². The molecule has 0 spiro atoms. The van der Waals surface area contributed by atoms with Crippen LogP contribution in [0, 0.1) is 0 Å². The largest absolute Gasteiger partial charge is 0.481 e. The van der Waals surface area contributed by atoms with Crippen LogP contribution >= 0.6 is 0 Å². The third-order valence-corrected chi connectivity index (χ3v) is 2.51. The van der Waals surface area contributed by atoms with Crippen molar-refractivity contribution in [3.63, 3.8) is 0 Å². The topological polar surface area (TPSA) is 64.3 Å². The summed E-state index contributed by atoms with van der Waals surface area (Å²) in [6.45, 7) is 0.733. The number of aromatic nitrogens is 2. The smallest absolute Gasteiger partial charge is 0.309 e. The summed E-state index contributed by atoms with van der Waals surface area (Å²) in [4.78, 5) is 10.6. The Hall–Kier alpha value is -1.36. The number of carboxylic acids is 1. The molecule has 0 aromatic carbocycles. The van der Waals surface area contributed by atoms with E-state index in [1.54, 1.807) is 16.9 Å². The maximum atomic E-state index is 10.6. The van der Waals surface area contributed by atoms with E-state index in [-0.39, 0.29) is 12.6 Å². The minimum Gasteiger partial charge on any atom is -0.481 e. The number of ether oxygens (including phenoxy) is 1. The van der Waals surface area contributed by atoms with Crippen LogP contribution in [0.3, 0.4) is 0 Å². The van der Waals surface area contributed by atoms with Gasteiger partial charge in [0, 0.05) is 12.8 Å². The lowest BCUT2D eigenvalue weighted by Gasteiger charge is -2.24. The maximum Gasteiger partial charge on any atom is 0.309 e. The van der Waals surface area contributed by atoms with E-state index < -0.39 is 5.97 Å². The summed E-state index contributed by atoms with van der Waals surface area (Å²) in [5, 5.41) is 12.8. The number of aliphatic carboxylic acids is 1. The summed E-state index contributed by atoms with van der Waals surface area (Å²) in [5.41, 5.74) is 0.703. The van der Waals surface area contributed by atoms with E-state index in [1.165, 1.54) is 0 Å². The van der Waals surface area contributed by atoms with E-state index in [0.717, 1.165) is 25.9 Å². The molecule has 2 heterocycles. The quantitative estimate of drug-likeness (QED) is 0.814. The molecule has 0 aliphatic carbocycles. The molecule has 1 aliphatic rings. The van der Waals surface area contributed by atoms with Gasteiger partial charge in [0.05, 0.1) is 12.1 Å². The fraction of sp³-hybridized carbons (Fsp3) is 0.600. The highest BCUT2D eigenvalue weighted by atomic mass is 16.5.